The van der Waals surface area contributed by atoms with E-state index in [1.165, 1.54) is 0 Å². The number of benzene rings is 2. The Hall–Kier alpha value is -3.55. The zero-order valence-corrected chi connectivity index (χ0v) is 29.5. The highest BCUT2D eigenvalue weighted by Crippen LogP contribution is 2.41. The number of hydrogen-bond donors (Lipinski definition) is 2. The summed E-state index contributed by atoms with van der Waals surface area (Å²) in [5.74, 6) is 1.19. The van der Waals surface area contributed by atoms with Gasteiger partial charge in [-0.05, 0) is 55.3 Å². The van der Waals surface area contributed by atoms with E-state index in [-0.39, 0.29) is 23.8 Å². The summed E-state index contributed by atoms with van der Waals surface area (Å²) < 4.78 is 21.0. The van der Waals surface area contributed by atoms with Crippen LogP contribution in [0.1, 0.15) is 44.4 Å². The standard InChI is InChI=1S/C37H46ClFN8O3/c1-24(2)34-41-31(50-43-34)10-11-32(48)44-16-18-45(19-17-44)35-27-12-15-46(30-9-4-7-25-6-3-8-28(38)33(25)30)22-29(27)40-36(42-35)49-23-37-13-5-14-47(37)21-26(39)20-37/h3-4,6-11,24,26,31,34,41,43H,5,12-23H2,1-2H3/b11-10+/t26-,31?,34?,37+/m1/s1. The SMILES string of the molecule is CC(C)C1NOC(/C=C/C(=O)N2CCN(c3nc(OC[C@@]45CCCN4C[C@H](F)C5)nc4c3CCN(c3cccc5cccc(Cl)c35)C4)CC2)N1. The van der Waals surface area contributed by atoms with Crippen LogP contribution in [0.3, 0.4) is 0 Å². The van der Waals surface area contributed by atoms with Gasteiger partial charge in [0.15, 0.2) is 0 Å². The van der Waals surface area contributed by atoms with Crippen LogP contribution >= 0.6 is 11.6 Å². The predicted molar refractivity (Wildman–Crippen MR) is 192 cm³/mol. The molecule has 0 aliphatic carbocycles. The number of nitrogens with one attached hydrogen (secondary N) is 2. The number of fused-ring (bicyclic) bond motifs is 3. The number of alkyl halides is 1. The summed E-state index contributed by atoms with van der Waals surface area (Å²) in [6.07, 6.45) is 5.45. The van der Waals surface area contributed by atoms with Gasteiger partial charge in [-0.15, -0.1) is 0 Å². The molecule has 0 spiro atoms. The van der Waals surface area contributed by atoms with Crippen LogP contribution in [0.5, 0.6) is 6.01 Å². The second-order valence-corrected chi connectivity index (χ2v) is 15.0. The third-order valence-electron chi connectivity index (χ3n) is 11.1. The van der Waals surface area contributed by atoms with Crippen LogP contribution in [0.2, 0.25) is 5.02 Å². The summed E-state index contributed by atoms with van der Waals surface area (Å²) >= 11 is 6.74. The number of hydrogen-bond acceptors (Lipinski definition) is 10. The van der Waals surface area contributed by atoms with Gasteiger partial charge in [-0.25, -0.2) is 4.39 Å². The Labute approximate surface area is 297 Å². The molecule has 1 aromatic heterocycles. The zero-order valence-electron chi connectivity index (χ0n) is 28.8. The minimum atomic E-state index is -0.829. The fraction of sp³-hybridized carbons (Fsp3) is 0.541. The van der Waals surface area contributed by atoms with Crippen molar-refractivity contribution < 1.29 is 18.8 Å². The smallest absolute Gasteiger partial charge is 0.318 e. The van der Waals surface area contributed by atoms with Gasteiger partial charge in [-0.2, -0.15) is 15.4 Å². The van der Waals surface area contributed by atoms with Crippen molar-refractivity contribution in [2.75, 3.05) is 62.2 Å². The van der Waals surface area contributed by atoms with Crippen LogP contribution in [0.25, 0.3) is 10.8 Å². The fourth-order valence-electron chi connectivity index (χ4n) is 8.34. The molecule has 266 valence electrons. The number of ether oxygens (including phenoxy) is 1. The Bertz CT molecular complexity index is 1760. The first-order valence-corrected chi connectivity index (χ1v) is 18.4. The van der Waals surface area contributed by atoms with Crippen molar-refractivity contribution in [2.24, 2.45) is 5.92 Å². The van der Waals surface area contributed by atoms with Crippen LogP contribution in [-0.2, 0) is 22.6 Å². The summed E-state index contributed by atoms with van der Waals surface area (Å²) in [7, 11) is 0. The molecule has 2 aromatic carbocycles. The van der Waals surface area contributed by atoms with E-state index >= 15 is 0 Å². The van der Waals surface area contributed by atoms with E-state index in [1.54, 1.807) is 12.2 Å². The first-order valence-electron chi connectivity index (χ1n) is 18.0. The lowest BCUT2D eigenvalue weighted by Gasteiger charge is -2.38. The molecule has 2 N–H and O–H groups in total. The van der Waals surface area contributed by atoms with Gasteiger partial charge in [-0.3, -0.25) is 19.8 Å². The summed E-state index contributed by atoms with van der Waals surface area (Å²) in [6, 6.07) is 12.6. The normalized spacial score (nSPS) is 27.1. The predicted octanol–water partition coefficient (Wildman–Crippen LogP) is 4.44. The van der Waals surface area contributed by atoms with Gasteiger partial charge in [0.25, 0.3) is 0 Å². The number of hydroxylamine groups is 1. The van der Waals surface area contributed by atoms with Crippen LogP contribution < -0.4 is 25.3 Å². The lowest BCUT2D eigenvalue weighted by molar-refractivity contribution is -0.126. The molecule has 0 radical (unpaired) electrons. The van der Waals surface area contributed by atoms with E-state index in [1.807, 2.05) is 17.0 Å². The number of anilines is 2. The average molecular weight is 705 g/mol. The highest BCUT2D eigenvalue weighted by Gasteiger charge is 2.49. The van der Waals surface area contributed by atoms with E-state index in [0.717, 1.165) is 70.9 Å². The van der Waals surface area contributed by atoms with Crippen LogP contribution in [0, 0.1) is 5.92 Å². The monoisotopic (exact) mass is 704 g/mol. The van der Waals surface area contributed by atoms with Crippen LogP contribution in [-0.4, -0.2) is 102 Å². The van der Waals surface area contributed by atoms with Crippen molar-refractivity contribution in [1.82, 2.24) is 30.6 Å². The molecule has 4 fully saturated rings. The minimum absolute atomic E-state index is 0.0377. The minimum Gasteiger partial charge on any atom is -0.461 e. The van der Waals surface area contributed by atoms with E-state index in [9.17, 15) is 9.18 Å². The van der Waals surface area contributed by atoms with E-state index in [4.69, 9.17) is 31.1 Å². The molecular formula is C37H46ClFN8O3. The molecule has 11 nitrogen and oxygen atoms in total. The van der Waals surface area contributed by atoms with Gasteiger partial charge in [0.2, 0.25) is 5.91 Å². The summed E-state index contributed by atoms with van der Waals surface area (Å²) in [5.41, 5.74) is 5.80. The molecular weight excluding hydrogens is 659 g/mol. The number of rotatable bonds is 8. The fourth-order valence-corrected chi connectivity index (χ4v) is 8.62. The van der Waals surface area contributed by atoms with Gasteiger partial charge in [0.05, 0.1) is 29.0 Å². The highest BCUT2D eigenvalue weighted by molar-refractivity contribution is 6.36. The van der Waals surface area contributed by atoms with Crippen molar-refractivity contribution in [2.45, 2.75) is 70.2 Å². The Morgan fingerprint density at radius 1 is 1.12 bits per heavy atom. The molecule has 0 bridgehead atoms. The molecule has 6 heterocycles. The molecule has 2 unspecified atom stereocenters. The lowest BCUT2D eigenvalue weighted by Crippen LogP contribution is -2.49. The summed E-state index contributed by atoms with van der Waals surface area (Å²) in [5, 5.41) is 6.18. The third-order valence-corrected chi connectivity index (χ3v) is 11.4. The molecule has 5 aliphatic heterocycles. The maximum absolute atomic E-state index is 14.6. The third kappa shape index (κ3) is 6.52. The van der Waals surface area contributed by atoms with Crippen molar-refractivity contribution in [3.63, 3.8) is 0 Å². The zero-order chi connectivity index (χ0) is 34.4. The Kier molecular flexibility index (Phi) is 9.32. The first kappa shape index (κ1) is 33.6. The quantitative estimate of drug-likeness (QED) is 0.328. The molecule has 4 saturated heterocycles. The highest BCUT2D eigenvalue weighted by atomic mass is 35.5. The topological polar surface area (TPSA) is 98.3 Å². The molecule has 3 aromatic rings. The van der Waals surface area contributed by atoms with Gasteiger partial charge in [0, 0.05) is 68.4 Å². The van der Waals surface area contributed by atoms with Crippen molar-refractivity contribution in [1.29, 1.82) is 0 Å². The number of halogens is 2. The molecule has 0 saturated carbocycles. The number of carbonyl (C=O) groups excluding carboxylic acids is 1. The van der Waals surface area contributed by atoms with Gasteiger partial charge >= 0.3 is 6.01 Å². The van der Waals surface area contributed by atoms with Gasteiger partial charge in [-0.1, -0.05) is 49.7 Å². The van der Waals surface area contributed by atoms with Crippen molar-refractivity contribution in [3.05, 3.63) is 64.8 Å². The van der Waals surface area contributed by atoms with Gasteiger partial charge < -0.3 is 19.4 Å². The van der Waals surface area contributed by atoms with Crippen molar-refractivity contribution >= 4 is 39.8 Å². The van der Waals surface area contributed by atoms with E-state index in [2.05, 4.69) is 63.6 Å². The average Bonchev–Trinajstić information content (AvgIpc) is 3.84. The molecule has 1 amide bonds. The molecule has 8 rings (SSSR count). The Balaban J connectivity index is 1.02. The molecule has 50 heavy (non-hydrogen) atoms. The maximum Gasteiger partial charge on any atom is 0.318 e. The van der Waals surface area contributed by atoms with E-state index < -0.39 is 6.17 Å². The van der Waals surface area contributed by atoms with Gasteiger partial charge in [0.1, 0.15) is 24.8 Å². The first-order chi connectivity index (χ1) is 24.3. The Morgan fingerprint density at radius 2 is 1.94 bits per heavy atom. The number of carbonyl (C=O) groups is 1. The Morgan fingerprint density at radius 3 is 2.74 bits per heavy atom. The lowest BCUT2D eigenvalue weighted by atomic mass is 9.95. The summed E-state index contributed by atoms with van der Waals surface area (Å²) in [6.45, 7) is 9.75. The van der Waals surface area contributed by atoms with Crippen LogP contribution in [0.4, 0.5) is 15.9 Å². The number of amides is 1. The van der Waals surface area contributed by atoms with Crippen molar-refractivity contribution in [3.8, 4) is 6.01 Å². The number of nitrogens with zero attached hydrogens (tertiary/aromatic N) is 6. The molecule has 13 heteroatoms. The van der Waals surface area contributed by atoms with E-state index in [0.29, 0.717) is 64.2 Å². The summed E-state index contributed by atoms with van der Waals surface area (Å²) in [4.78, 5) is 37.5. The second-order valence-electron chi connectivity index (χ2n) is 14.6. The number of piperazine rings is 1. The molecule has 4 atom stereocenters. The van der Waals surface area contributed by atoms with Crippen LogP contribution in [0.15, 0.2) is 48.6 Å². The largest absolute Gasteiger partial charge is 0.461 e. The number of aromatic nitrogens is 2. The second kappa shape index (κ2) is 13.9. The maximum atomic E-state index is 14.6. The molecule has 5 aliphatic rings.